The van der Waals surface area contributed by atoms with Gasteiger partial charge in [0.15, 0.2) is 69.8 Å². The topological polar surface area (TPSA) is 145 Å². The summed E-state index contributed by atoms with van der Waals surface area (Å²) in [6, 6.07) is 4.32. The number of halogens is 12. The fourth-order valence-corrected chi connectivity index (χ4v) is 4.42. The number of nitriles is 5. The van der Waals surface area contributed by atoms with Crippen LogP contribution >= 0.6 is 0 Å². The van der Waals surface area contributed by atoms with Crippen molar-refractivity contribution in [2.45, 2.75) is 0 Å². The number of hydrogen-bond donors (Lipinski definition) is 1. The predicted molar refractivity (Wildman–Crippen MR) is 129 cm³/mol. The largest absolute Gasteiger partial charge is 0.398 e. The van der Waals surface area contributed by atoms with Gasteiger partial charge in [-0.1, -0.05) is 0 Å². The van der Waals surface area contributed by atoms with Crippen LogP contribution < -0.4 is 5.73 Å². The molecule has 18 heteroatoms. The minimum Gasteiger partial charge on any atom is -0.398 e. The first-order valence-electron chi connectivity index (χ1n) is 11.7. The molecule has 0 spiro atoms. The SMILES string of the molecule is N#CC(=C1C(=C(N)c2c(F)c(F)c(C#N)c(F)c2F)C1=C(C#N)c1c(F)c(F)c(C#N)c(F)c1F)c1c(F)c(F)c(C#N)c(F)c1F. The summed E-state index contributed by atoms with van der Waals surface area (Å²) in [4.78, 5) is 0. The van der Waals surface area contributed by atoms with Crippen molar-refractivity contribution in [1.82, 2.24) is 0 Å². The van der Waals surface area contributed by atoms with Crippen LogP contribution in [0.5, 0.6) is 0 Å². The van der Waals surface area contributed by atoms with Gasteiger partial charge in [0.05, 0.1) is 33.5 Å². The Morgan fingerprint density at radius 2 is 0.596 bits per heavy atom. The molecule has 0 radical (unpaired) electrons. The number of nitrogens with zero attached hydrogens (tertiary/aromatic N) is 5. The minimum absolute atomic E-state index is 0.780. The molecule has 6 nitrogen and oxygen atoms in total. The van der Waals surface area contributed by atoms with Gasteiger partial charge < -0.3 is 5.73 Å². The maximum atomic E-state index is 15.0. The summed E-state index contributed by atoms with van der Waals surface area (Å²) in [5, 5.41) is 46.0. The molecule has 1 aliphatic carbocycles. The molecule has 0 amide bonds. The van der Waals surface area contributed by atoms with Gasteiger partial charge in [-0.3, -0.25) is 0 Å². The van der Waals surface area contributed by atoms with Crippen LogP contribution in [-0.4, -0.2) is 0 Å². The quantitative estimate of drug-likeness (QED) is 0.190. The van der Waals surface area contributed by atoms with E-state index in [1.165, 1.54) is 0 Å². The average molecular weight is 662 g/mol. The summed E-state index contributed by atoms with van der Waals surface area (Å²) in [7, 11) is 0. The van der Waals surface area contributed by atoms with E-state index in [0.29, 0.717) is 0 Å². The van der Waals surface area contributed by atoms with Crippen molar-refractivity contribution >= 4 is 16.8 Å². The fraction of sp³-hybridized carbons (Fsp3) is 0. The van der Waals surface area contributed by atoms with Gasteiger partial charge in [0.25, 0.3) is 0 Å². The van der Waals surface area contributed by atoms with E-state index in [0.717, 1.165) is 30.3 Å². The van der Waals surface area contributed by atoms with E-state index in [2.05, 4.69) is 0 Å². The summed E-state index contributed by atoms with van der Waals surface area (Å²) in [6.07, 6.45) is 0. The fourth-order valence-electron chi connectivity index (χ4n) is 4.42. The average Bonchev–Trinajstić information content (AvgIpc) is 3.77. The Labute approximate surface area is 252 Å². The number of rotatable bonds is 3. The summed E-state index contributed by atoms with van der Waals surface area (Å²) in [6.45, 7) is 0. The lowest BCUT2D eigenvalue weighted by atomic mass is 9.99. The molecular weight excluding hydrogens is 660 g/mol. The number of allylic oxidation sites excluding steroid dienone is 5. The van der Waals surface area contributed by atoms with Crippen LogP contribution in [0.25, 0.3) is 16.8 Å². The molecule has 0 aromatic heterocycles. The Kier molecular flexibility index (Phi) is 8.23. The van der Waals surface area contributed by atoms with Crippen molar-refractivity contribution in [3.05, 3.63) is 120 Å². The summed E-state index contributed by atoms with van der Waals surface area (Å²) < 4.78 is 177. The van der Waals surface area contributed by atoms with Crippen molar-refractivity contribution in [2.24, 2.45) is 5.73 Å². The van der Waals surface area contributed by atoms with Gasteiger partial charge in [0, 0.05) is 16.7 Å². The van der Waals surface area contributed by atoms with E-state index in [9.17, 15) is 63.2 Å². The number of hydrogen-bond acceptors (Lipinski definition) is 6. The first-order chi connectivity index (χ1) is 22.1. The van der Waals surface area contributed by atoms with E-state index >= 15 is 0 Å². The molecule has 2 N–H and O–H groups in total. The lowest BCUT2D eigenvalue weighted by Crippen LogP contribution is -2.10. The van der Waals surface area contributed by atoms with Gasteiger partial charge in [-0.2, -0.15) is 26.3 Å². The number of benzene rings is 3. The monoisotopic (exact) mass is 662 g/mol. The van der Waals surface area contributed by atoms with Gasteiger partial charge in [0.1, 0.15) is 47.0 Å². The molecule has 0 aliphatic heterocycles. The molecule has 1 aliphatic rings. The third kappa shape index (κ3) is 4.57. The van der Waals surface area contributed by atoms with Gasteiger partial charge >= 0.3 is 0 Å². The zero-order chi connectivity index (χ0) is 35.4. The van der Waals surface area contributed by atoms with Crippen molar-refractivity contribution in [2.75, 3.05) is 0 Å². The molecule has 3 aromatic carbocycles. The molecule has 0 heterocycles. The standard InChI is InChI=1S/C29H2F12N6/c30-17-8(3-44)18(31)24(37)13(23(17)36)6(1-42)11-12(7(2-43)14-25(38)19(32)9(4-45)20(33)26(14)39)15(11)29(47)16-27(40)21(34)10(5-46)22(35)28(16)41/h47H2. The first-order valence-corrected chi connectivity index (χ1v) is 11.7. The smallest absolute Gasteiger partial charge is 0.180 e. The Morgan fingerprint density at radius 3 is 0.809 bits per heavy atom. The van der Waals surface area contributed by atoms with Gasteiger partial charge in [-0.15, -0.1) is 0 Å². The van der Waals surface area contributed by atoms with E-state index < -0.39 is 137 Å². The van der Waals surface area contributed by atoms with Gasteiger partial charge in [-0.05, 0) is 0 Å². The predicted octanol–water partition coefficient (Wildman–Crippen LogP) is 6.61. The van der Waals surface area contributed by atoms with Crippen molar-refractivity contribution in [3.8, 4) is 30.3 Å². The molecule has 0 bridgehead atoms. The molecule has 4 rings (SSSR count). The highest BCUT2D eigenvalue weighted by molar-refractivity contribution is 6.10. The van der Waals surface area contributed by atoms with E-state index in [4.69, 9.17) is 21.5 Å². The zero-order valence-electron chi connectivity index (χ0n) is 21.8. The molecular formula is C29H2F12N6. The van der Waals surface area contributed by atoms with Gasteiger partial charge in [-0.25, -0.2) is 52.7 Å². The second-order valence-corrected chi connectivity index (χ2v) is 8.87. The maximum Gasteiger partial charge on any atom is 0.180 e. The lowest BCUT2D eigenvalue weighted by Gasteiger charge is -2.09. The Morgan fingerprint density at radius 1 is 0.362 bits per heavy atom. The normalized spacial score (nSPS) is 14.0. The zero-order valence-corrected chi connectivity index (χ0v) is 21.8. The molecule has 1 fully saturated rings. The summed E-state index contributed by atoms with van der Waals surface area (Å²) in [5.74, 6) is -29.3. The molecule has 47 heavy (non-hydrogen) atoms. The molecule has 232 valence electrons. The molecule has 1 saturated carbocycles. The van der Waals surface area contributed by atoms with E-state index in [-0.39, 0.29) is 0 Å². The first kappa shape index (κ1) is 33.2. The van der Waals surface area contributed by atoms with Crippen LogP contribution in [0.3, 0.4) is 0 Å². The number of nitrogens with two attached hydrogens (primary N) is 1. The molecule has 0 atom stereocenters. The Hall–Kier alpha value is -6.71. The highest BCUT2D eigenvalue weighted by Gasteiger charge is 2.45. The molecule has 0 saturated heterocycles. The van der Waals surface area contributed by atoms with Crippen LogP contribution in [0.2, 0.25) is 0 Å². The Bertz CT molecular complexity index is 2130. The van der Waals surface area contributed by atoms with Crippen molar-refractivity contribution in [3.63, 3.8) is 0 Å². The highest BCUT2D eigenvalue weighted by Crippen LogP contribution is 2.56. The van der Waals surface area contributed by atoms with Crippen molar-refractivity contribution in [1.29, 1.82) is 26.3 Å². The van der Waals surface area contributed by atoms with Crippen LogP contribution in [0, 0.1) is 126 Å². The van der Waals surface area contributed by atoms with Gasteiger partial charge in [0.2, 0.25) is 0 Å². The van der Waals surface area contributed by atoms with Crippen molar-refractivity contribution < 1.29 is 52.7 Å². The Balaban J connectivity index is 2.33. The molecule has 3 aromatic rings. The third-order valence-electron chi connectivity index (χ3n) is 6.58. The summed E-state index contributed by atoms with van der Waals surface area (Å²) >= 11 is 0. The maximum absolute atomic E-state index is 15.0. The molecule has 0 unspecified atom stereocenters. The van der Waals surface area contributed by atoms with Crippen LogP contribution in [0.4, 0.5) is 52.7 Å². The van der Waals surface area contributed by atoms with E-state index in [1.54, 1.807) is 0 Å². The highest BCUT2D eigenvalue weighted by atomic mass is 19.2. The van der Waals surface area contributed by atoms with E-state index in [1.807, 2.05) is 0 Å². The van der Waals surface area contributed by atoms with Crippen LogP contribution in [0.1, 0.15) is 33.4 Å². The summed E-state index contributed by atoms with van der Waals surface area (Å²) in [5.41, 5.74) is -15.0. The lowest BCUT2D eigenvalue weighted by molar-refractivity contribution is 0.446. The third-order valence-corrected chi connectivity index (χ3v) is 6.58. The van der Waals surface area contributed by atoms with Crippen LogP contribution in [0.15, 0.2) is 16.7 Å². The second kappa shape index (κ2) is 11.7. The van der Waals surface area contributed by atoms with Crippen LogP contribution in [-0.2, 0) is 0 Å². The second-order valence-electron chi connectivity index (χ2n) is 8.87. The minimum atomic E-state index is -2.49.